The van der Waals surface area contributed by atoms with E-state index >= 15 is 0 Å². The molecule has 2 aliphatic rings. The number of carboxylic acid groups (broad SMARTS) is 1. The van der Waals surface area contributed by atoms with Crippen LogP contribution >= 0.6 is 0 Å². The normalized spacial score (nSPS) is 18.8. The van der Waals surface area contributed by atoms with Crippen LogP contribution in [0.5, 0.6) is 0 Å². The Labute approximate surface area is 384 Å². The summed E-state index contributed by atoms with van der Waals surface area (Å²) in [4.78, 5) is 81.0. The number of alkyl carbamates (subject to hydrolysis) is 1. The summed E-state index contributed by atoms with van der Waals surface area (Å²) in [5, 5.41) is 12.7. The lowest BCUT2D eigenvalue weighted by Crippen LogP contribution is -2.63. The van der Waals surface area contributed by atoms with Crippen LogP contribution in [0.3, 0.4) is 0 Å². The molecule has 0 spiro atoms. The van der Waals surface area contributed by atoms with Crippen LogP contribution in [0.2, 0.25) is 0 Å². The minimum absolute atomic E-state index is 0.0615. The average molecular weight is 906 g/mol. The number of hydrogen-bond acceptors (Lipinski definition) is 13. The van der Waals surface area contributed by atoms with E-state index in [2.05, 4.69) is 5.32 Å². The number of esters is 4. The number of carbonyl (C=O) groups is 6. The fourth-order valence-electron chi connectivity index (χ4n) is 7.81. The van der Waals surface area contributed by atoms with Gasteiger partial charge in [0.05, 0.1) is 28.9 Å². The van der Waals surface area contributed by atoms with Crippen LogP contribution in [0.15, 0.2) is 170 Å². The van der Waals surface area contributed by atoms with Gasteiger partial charge in [-0.1, -0.05) is 121 Å². The second-order valence-corrected chi connectivity index (χ2v) is 15.4. The molecule has 1 aliphatic carbocycles. The first-order chi connectivity index (χ1) is 32.6. The predicted molar refractivity (Wildman–Crippen MR) is 238 cm³/mol. The summed E-state index contributed by atoms with van der Waals surface area (Å²) in [6.07, 6.45) is -9.61. The van der Waals surface area contributed by atoms with Gasteiger partial charge in [-0.25, -0.2) is 28.8 Å². The third-order valence-electron chi connectivity index (χ3n) is 11.1. The molecule has 1 fully saturated rings. The highest BCUT2D eigenvalue weighted by atomic mass is 16.7. The lowest BCUT2D eigenvalue weighted by Gasteiger charge is -2.44. The quantitative estimate of drug-likeness (QED) is 0.0727. The van der Waals surface area contributed by atoms with Gasteiger partial charge in [0.1, 0.15) is 19.3 Å². The van der Waals surface area contributed by atoms with Crippen LogP contribution in [-0.4, -0.2) is 97.6 Å². The number of nitrogens with one attached hydrogen (secondary N) is 1. The number of amides is 1. The van der Waals surface area contributed by atoms with Crippen LogP contribution in [-0.2, 0) is 38.0 Å². The lowest BCUT2D eigenvalue weighted by molar-refractivity contribution is -0.299. The molecule has 8 rings (SSSR count). The lowest BCUT2D eigenvalue weighted by atomic mass is 9.97. The zero-order valence-electron chi connectivity index (χ0n) is 35.6. The number of rotatable bonds is 16. The maximum atomic E-state index is 13.9. The van der Waals surface area contributed by atoms with E-state index in [-0.39, 0.29) is 34.8 Å². The Bertz CT molecular complexity index is 2650. The van der Waals surface area contributed by atoms with Crippen molar-refractivity contribution in [3.63, 3.8) is 0 Å². The second-order valence-electron chi connectivity index (χ2n) is 15.4. The molecule has 6 atom stereocenters. The summed E-state index contributed by atoms with van der Waals surface area (Å²) < 4.78 is 41.8. The molecule has 0 aromatic heterocycles. The van der Waals surface area contributed by atoms with Gasteiger partial charge in [0, 0.05) is 5.92 Å². The fraction of sp³-hybridized carbons (Fsp3) is 0.192. The average Bonchev–Trinajstić information content (AvgIpc) is 3.69. The molecule has 0 saturated carbocycles. The van der Waals surface area contributed by atoms with Gasteiger partial charge >= 0.3 is 35.9 Å². The number of aliphatic carboxylic acids is 1. The Morgan fingerprint density at radius 1 is 0.493 bits per heavy atom. The summed E-state index contributed by atoms with van der Waals surface area (Å²) in [5.41, 5.74) is 4.28. The Morgan fingerprint density at radius 2 is 0.910 bits per heavy atom. The van der Waals surface area contributed by atoms with Crippen molar-refractivity contribution in [2.75, 3.05) is 19.8 Å². The highest BCUT2D eigenvalue weighted by Crippen LogP contribution is 2.44. The Balaban J connectivity index is 1.09. The minimum Gasteiger partial charge on any atom is -0.480 e. The summed E-state index contributed by atoms with van der Waals surface area (Å²) in [6.45, 7) is -1.58. The maximum Gasteiger partial charge on any atom is 0.407 e. The molecule has 1 amide bonds. The van der Waals surface area contributed by atoms with Gasteiger partial charge in [-0.15, -0.1) is 0 Å². The number of hydrogen-bond donors (Lipinski definition) is 2. The van der Waals surface area contributed by atoms with Gasteiger partial charge in [-0.2, -0.15) is 0 Å². The highest BCUT2D eigenvalue weighted by molar-refractivity contribution is 5.92. The molecule has 0 unspecified atom stereocenters. The first-order valence-corrected chi connectivity index (χ1v) is 21.3. The van der Waals surface area contributed by atoms with Crippen LogP contribution < -0.4 is 5.32 Å². The SMILES string of the molecule is O=C(N[C@@H](CO[C@@H]1O[C@H](COC(=O)c2ccccc2)[C@@H](OC(=O)c2ccccc2)[C@H](OC(=O)c2ccccc2)[C@H]1OC(=O)c1ccccc1)C(=O)O)OCC1c2ccccc2-c2ccccc21. The van der Waals surface area contributed by atoms with Crippen LogP contribution in [0.25, 0.3) is 11.1 Å². The molecule has 1 heterocycles. The van der Waals surface area contributed by atoms with Crippen molar-refractivity contribution in [2.45, 2.75) is 42.7 Å². The molecule has 15 nitrogen and oxygen atoms in total. The van der Waals surface area contributed by atoms with Gasteiger partial charge in [0.15, 0.2) is 30.6 Å². The number of ether oxygens (including phenoxy) is 7. The van der Waals surface area contributed by atoms with Gasteiger partial charge in [-0.3, -0.25) is 0 Å². The molecular formula is C52H43NO14. The van der Waals surface area contributed by atoms with Crippen molar-refractivity contribution >= 4 is 35.9 Å². The summed E-state index contributed by atoms with van der Waals surface area (Å²) >= 11 is 0. The van der Waals surface area contributed by atoms with Crippen molar-refractivity contribution in [2.24, 2.45) is 0 Å². The molecule has 2 N–H and O–H groups in total. The van der Waals surface area contributed by atoms with Gasteiger partial charge in [-0.05, 0) is 70.8 Å². The molecule has 340 valence electrons. The molecule has 0 radical (unpaired) electrons. The maximum absolute atomic E-state index is 13.9. The molecule has 1 aliphatic heterocycles. The number of carboxylic acids is 1. The summed E-state index contributed by atoms with van der Waals surface area (Å²) in [7, 11) is 0. The molecule has 6 aromatic carbocycles. The van der Waals surface area contributed by atoms with Crippen LogP contribution in [0.1, 0.15) is 58.5 Å². The molecule has 6 aromatic rings. The first-order valence-electron chi connectivity index (χ1n) is 21.3. The van der Waals surface area contributed by atoms with Crippen molar-refractivity contribution in [3.05, 3.63) is 203 Å². The summed E-state index contributed by atoms with van der Waals surface area (Å²) in [6, 6.07) is 45.1. The summed E-state index contributed by atoms with van der Waals surface area (Å²) in [5.74, 6) is -5.42. The number of benzene rings is 6. The minimum atomic E-state index is -1.82. The second kappa shape index (κ2) is 21.2. The molecule has 1 saturated heterocycles. The molecule has 15 heteroatoms. The van der Waals surface area contributed by atoms with E-state index in [1.54, 1.807) is 72.8 Å². The largest absolute Gasteiger partial charge is 0.480 e. The Hall–Kier alpha value is -8.14. The fourth-order valence-corrected chi connectivity index (χ4v) is 7.81. The van der Waals surface area contributed by atoms with E-state index in [1.807, 2.05) is 48.5 Å². The van der Waals surface area contributed by atoms with Crippen LogP contribution in [0, 0.1) is 0 Å². The van der Waals surface area contributed by atoms with Gasteiger partial charge < -0.3 is 43.6 Å². The van der Waals surface area contributed by atoms with Crippen LogP contribution in [0.4, 0.5) is 4.79 Å². The van der Waals surface area contributed by atoms with Crippen molar-refractivity contribution in [1.29, 1.82) is 0 Å². The molecule has 67 heavy (non-hydrogen) atoms. The Morgan fingerprint density at radius 3 is 1.39 bits per heavy atom. The monoisotopic (exact) mass is 905 g/mol. The van der Waals surface area contributed by atoms with Crippen molar-refractivity contribution in [3.8, 4) is 11.1 Å². The number of fused-ring (bicyclic) bond motifs is 3. The highest BCUT2D eigenvalue weighted by Gasteiger charge is 2.54. The predicted octanol–water partition coefficient (Wildman–Crippen LogP) is 7.25. The van der Waals surface area contributed by atoms with E-state index in [9.17, 15) is 33.9 Å². The topological polar surface area (TPSA) is 199 Å². The van der Waals surface area contributed by atoms with Crippen molar-refractivity contribution < 1.29 is 67.0 Å². The zero-order valence-corrected chi connectivity index (χ0v) is 35.6. The smallest absolute Gasteiger partial charge is 0.407 e. The van der Waals surface area contributed by atoms with E-state index in [1.165, 1.54) is 48.5 Å². The first kappa shape index (κ1) is 45.4. The molecular weight excluding hydrogens is 863 g/mol. The van der Waals surface area contributed by atoms with E-state index in [0.29, 0.717) is 0 Å². The number of carbonyl (C=O) groups excluding carboxylic acids is 5. The van der Waals surface area contributed by atoms with Crippen molar-refractivity contribution in [1.82, 2.24) is 5.32 Å². The van der Waals surface area contributed by atoms with Gasteiger partial charge in [0.25, 0.3) is 0 Å². The van der Waals surface area contributed by atoms with E-state index in [0.717, 1.165) is 22.3 Å². The third kappa shape index (κ3) is 10.9. The standard InChI is InChI=1S/C52H43NO14/c54-46(55)41(53-52(60)63-29-40-38-27-15-13-25-36(38)37-26-14-16-28-39(37)40)30-62-51-45(67-50(59)35-23-11-4-12-24-35)44(66-49(58)34-21-9-3-10-22-34)43(65-48(57)33-19-7-2-8-20-33)42(64-51)31-61-47(56)32-17-5-1-6-18-32/h1-28,40-45,51H,29-31H2,(H,53,60)(H,54,55)/t41-,42+,43+,44-,45+,51+/m0/s1. The third-order valence-corrected chi connectivity index (χ3v) is 11.1. The van der Waals surface area contributed by atoms with E-state index in [4.69, 9.17) is 33.2 Å². The zero-order chi connectivity index (χ0) is 46.7. The van der Waals surface area contributed by atoms with E-state index < -0.39 is 85.9 Å². The van der Waals surface area contributed by atoms with Gasteiger partial charge in [0.2, 0.25) is 0 Å². The Kier molecular flexibility index (Phi) is 14.4. The molecule has 0 bridgehead atoms.